The number of hydrogen-bond acceptors (Lipinski definition) is 7. The van der Waals surface area contributed by atoms with Crippen LogP contribution in [0.1, 0.15) is 52.2 Å². The van der Waals surface area contributed by atoms with Gasteiger partial charge >= 0.3 is 0 Å². The number of aliphatic hydroxyl groups excluding tert-OH is 1. The quantitative estimate of drug-likeness (QED) is 0.775. The molecule has 2 N–H and O–H groups in total. The molecule has 0 atom stereocenters. The molecule has 0 aromatic carbocycles. The number of rotatable bonds is 6. The van der Waals surface area contributed by atoms with Crippen molar-refractivity contribution in [2.75, 3.05) is 14.1 Å². The lowest BCUT2D eigenvalue weighted by Crippen LogP contribution is -2.44. The molecular formula is C16H24N6O3. The first-order chi connectivity index (χ1) is 11.9. The van der Waals surface area contributed by atoms with E-state index in [-0.39, 0.29) is 30.2 Å². The van der Waals surface area contributed by atoms with Crippen molar-refractivity contribution in [1.82, 2.24) is 30.1 Å². The van der Waals surface area contributed by atoms with Crippen LogP contribution in [0.2, 0.25) is 0 Å². The fraction of sp³-hybridized carbons (Fsp3) is 0.625. The van der Waals surface area contributed by atoms with Gasteiger partial charge in [-0.2, -0.15) is 0 Å². The fourth-order valence-electron chi connectivity index (χ4n) is 3.11. The smallest absolute Gasteiger partial charge is 0.274 e. The van der Waals surface area contributed by atoms with E-state index in [0.717, 1.165) is 31.0 Å². The second-order valence-electron chi connectivity index (χ2n) is 6.83. The van der Waals surface area contributed by atoms with Gasteiger partial charge in [0.2, 0.25) is 0 Å². The van der Waals surface area contributed by atoms with Gasteiger partial charge in [0, 0.05) is 19.0 Å². The van der Waals surface area contributed by atoms with Crippen molar-refractivity contribution in [3.8, 4) is 0 Å². The first-order valence-corrected chi connectivity index (χ1v) is 8.30. The van der Waals surface area contributed by atoms with Crippen LogP contribution in [0.4, 0.5) is 0 Å². The van der Waals surface area contributed by atoms with Crippen molar-refractivity contribution in [1.29, 1.82) is 0 Å². The van der Waals surface area contributed by atoms with Crippen LogP contribution in [0.15, 0.2) is 4.52 Å². The van der Waals surface area contributed by atoms with Crippen LogP contribution in [0.3, 0.4) is 0 Å². The second kappa shape index (κ2) is 6.93. The molecule has 1 amide bonds. The Hall–Kier alpha value is -2.26. The van der Waals surface area contributed by atoms with Crippen molar-refractivity contribution < 1.29 is 14.4 Å². The highest BCUT2D eigenvalue weighted by molar-refractivity contribution is 5.94. The van der Waals surface area contributed by atoms with E-state index in [1.807, 2.05) is 25.7 Å². The monoisotopic (exact) mass is 348 g/mol. The summed E-state index contributed by atoms with van der Waals surface area (Å²) in [5.74, 6) is 2.33. The molecule has 0 spiro atoms. The lowest BCUT2D eigenvalue weighted by molar-refractivity contribution is 0.0895. The molecule has 3 rings (SSSR count). The first kappa shape index (κ1) is 17.6. The standard InChI is InChI=1S/C16H24N6O3/c1-9-12(8-23)14(20-25-9)16(24)17-11-5-10(6-11)15-19-18-13(22(15)4)7-21(2)3/h10-11,23H,5-8H2,1-4H3,(H,17,24). The number of aliphatic hydroxyl groups is 1. The van der Waals surface area contributed by atoms with Crippen LogP contribution >= 0.6 is 0 Å². The first-order valence-electron chi connectivity index (χ1n) is 8.30. The topological polar surface area (TPSA) is 109 Å². The van der Waals surface area contributed by atoms with Crippen molar-refractivity contribution in [3.63, 3.8) is 0 Å². The van der Waals surface area contributed by atoms with Crippen LogP contribution in [0, 0.1) is 6.92 Å². The van der Waals surface area contributed by atoms with E-state index in [0.29, 0.717) is 11.3 Å². The summed E-state index contributed by atoms with van der Waals surface area (Å²) in [5, 5.41) is 24.6. The summed E-state index contributed by atoms with van der Waals surface area (Å²) >= 11 is 0. The van der Waals surface area contributed by atoms with E-state index >= 15 is 0 Å². The summed E-state index contributed by atoms with van der Waals surface area (Å²) in [6.07, 6.45) is 1.62. The van der Waals surface area contributed by atoms with Gasteiger partial charge in [-0.1, -0.05) is 5.16 Å². The van der Waals surface area contributed by atoms with Gasteiger partial charge in [-0.25, -0.2) is 0 Å². The lowest BCUT2D eigenvalue weighted by atomic mass is 9.79. The summed E-state index contributed by atoms with van der Waals surface area (Å²) in [6, 6.07) is 0.0649. The molecule has 2 aromatic heterocycles. The number of carbonyl (C=O) groups is 1. The Labute approximate surface area is 146 Å². The average molecular weight is 348 g/mol. The normalized spacial score (nSPS) is 19.9. The Morgan fingerprint density at radius 3 is 2.76 bits per heavy atom. The molecule has 2 heterocycles. The SMILES string of the molecule is Cc1onc(C(=O)NC2CC(c3nnc(CN(C)C)n3C)C2)c1CO. The third kappa shape index (κ3) is 3.42. The molecule has 9 heteroatoms. The van der Waals surface area contributed by atoms with E-state index in [4.69, 9.17) is 4.52 Å². The molecule has 0 saturated heterocycles. The highest BCUT2D eigenvalue weighted by atomic mass is 16.5. The van der Waals surface area contributed by atoms with E-state index in [2.05, 4.69) is 25.6 Å². The molecule has 136 valence electrons. The molecule has 0 aliphatic heterocycles. The van der Waals surface area contributed by atoms with Crippen LogP contribution in [0.25, 0.3) is 0 Å². The van der Waals surface area contributed by atoms with Crippen LogP contribution in [0.5, 0.6) is 0 Å². The minimum absolute atomic E-state index is 0.0649. The largest absolute Gasteiger partial charge is 0.391 e. The van der Waals surface area contributed by atoms with Crippen LogP contribution < -0.4 is 5.32 Å². The molecule has 25 heavy (non-hydrogen) atoms. The summed E-state index contributed by atoms with van der Waals surface area (Å²) in [6.45, 7) is 2.15. The zero-order chi connectivity index (χ0) is 18.1. The van der Waals surface area contributed by atoms with E-state index in [9.17, 15) is 9.90 Å². The van der Waals surface area contributed by atoms with Crippen LogP contribution in [-0.4, -0.2) is 56.0 Å². The highest BCUT2D eigenvalue weighted by Gasteiger charge is 2.35. The molecule has 1 fully saturated rings. The second-order valence-corrected chi connectivity index (χ2v) is 6.83. The van der Waals surface area contributed by atoms with Gasteiger partial charge in [0.05, 0.1) is 18.7 Å². The predicted octanol–water partition coefficient (Wildman–Crippen LogP) is 0.341. The molecule has 0 unspecified atom stereocenters. The molecule has 0 bridgehead atoms. The molecular weight excluding hydrogens is 324 g/mol. The highest BCUT2D eigenvalue weighted by Crippen LogP contribution is 2.36. The lowest BCUT2D eigenvalue weighted by Gasteiger charge is -2.34. The number of hydrogen-bond donors (Lipinski definition) is 2. The maximum absolute atomic E-state index is 12.3. The number of nitrogens with one attached hydrogen (secondary N) is 1. The van der Waals surface area contributed by atoms with Crippen molar-refractivity contribution in [3.05, 3.63) is 28.7 Å². The Morgan fingerprint density at radius 1 is 1.40 bits per heavy atom. The Bertz CT molecular complexity index is 760. The van der Waals surface area contributed by atoms with Gasteiger partial charge in [0.1, 0.15) is 17.4 Å². The van der Waals surface area contributed by atoms with E-state index in [1.165, 1.54) is 0 Å². The molecule has 2 aromatic rings. The third-order valence-corrected chi connectivity index (χ3v) is 4.65. The minimum atomic E-state index is -0.310. The zero-order valence-corrected chi connectivity index (χ0v) is 15.0. The van der Waals surface area contributed by atoms with Gasteiger partial charge in [-0.05, 0) is 33.9 Å². The van der Waals surface area contributed by atoms with Crippen molar-refractivity contribution in [2.24, 2.45) is 7.05 Å². The number of amides is 1. The Kier molecular flexibility index (Phi) is 4.87. The predicted molar refractivity (Wildman–Crippen MR) is 88.8 cm³/mol. The van der Waals surface area contributed by atoms with Gasteiger partial charge in [-0.3, -0.25) is 4.79 Å². The number of nitrogens with zero attached hydrogens (tertiary/aromatic N) is 5. The maximum Gasteiger partial charge on any atom is 0.274 e. The third-order valence-electron chi connectivity index (χ3n) is 4.65. The van der Waals surface area contributed by atoms with Crippen molar-refractivity contribution in [2.45, 2.75) is 44.9 Å². The van der Waals surface area contributed by atoms with Gasteiger partial charge in [0.15, 0.2) is 5.69 Å². The van der Waals surface area contributed by atoms with Gasteiger partial charge in [0.25, 0.3) is 5.91 Å². The zero-order valence-electron chi connectivity index (χ0n) is 15.0. The molecule has 1 saturated carbocycles. The van der Waals surface area contributed by atoms with E-state index < -0.39 is 0 Å². The minimum Gasteiger partial charge on any atom is -0.391 e. The number of aryl methyl sites for hydroxylation is 1. The number of carbonyl (C=O) groups excluding carboxylic acids is 1. The maximum atomic E-state index is 12.3. The molecule has 9 nitrogen and oxygen atoms in total. The molecule has 1 aliphatic carbocycles. The Morgan fingerprint density at radius 2 is 2.12 bits per heavy atom. The van der Waals surface area contributed by atoms with Gasteiger partial charge in [-0.15, -0.1) is 10.2 Å². The number of aromatic nitrogens is 4. The van der Waals surface area contributed by atoms with E-state index in [1.54, 1.807) is 6.92 Å². The summed E-state index contributed by atoms with van der Waals surface area (Å²) in [4.78, 5) is 14.3. The van der Waals surface area contributed by atoms with Gasteiger partial charge < -0.3 is 24.4 Å². The molecule has 0 radical (unpaired) electrons. The van der Waals surface area contributed by atoms with Crippen molar-refractivity contribution >= 4 is 5.91 Å². The molecule has 1 aliphatic rings. The summed E-state index contributed by atoms with van der Waals surface area (Å²) in [5.41, 5.74) is 0.602. The average Bonchev–Trinajstić information content (AvgIpc) is 3.06. The fourth-order valence-corrected chi connectivity index (χ4v) is 3.11. The Balaban J connectivity index is 1.58. The summed E-state index contributed by atoms with van der Waals surface area (Å²) in [7, 11) is 5.97. The van der Waals surface area contributed by atoms with Crippen LogP contribution in [-0.2, 0) is 20.2 Å². The summed E-state index contributed by atoms with van der Waals surface area (Å²) < 4.78 is 7.02.